The molecule has 0 radical (unpaired) electrons. The molecule has 27 heavy (non-hydrogen) atoms. The molecule has 0 aromatic carbocycles. The molecule has 7 nitrogen and oxygen atoms in total. The fourth-order valence-corrected chi connectivity index (χ4v) is 6.11. The van der Waals surface area contributed by atoms with Gasteiger partial charge in [-0.25, -0.2) is 18.1 Å². The number of aromatic amines is 1. The van der Waals surface area contributed by atoms with Crippen LogP contribution in [0.3, 0.4) is 0 Å². The zero-order chi connectivity index (χ0) is 18.6. The molecule has 2 aromatic heterocycles. The summed E-state index contributed by atoms with van der Waals surface area (Å²) >= 11 is 0. The maximum atomic E-state index is 12.3. The van der Waals surface area contributed by atoms with Crippen molar-refractivity contribution in [3.8, 4) is 5.75 Å². The van der Waals surface area contributed by atoms with Crippen molar-refractivity contribution in [3.05, 3.63) is 30.0 Å². The third-order valence-electron chi connectivity index (χ3n) is 6.01. The van der Waals surface area contributed by atoms with Crippen molar-refractivity contribution in [2.45, 2.75) is 38.1 Å². The minimum Gasteiger partial charge on any atom is -0.531 e. The number of sulfonamides is 1. The lowest BCUT2D eigenvalue weighted by Crippen LogP contribution is -2.46. The third kappa shape index (κ3) is 3.17. The number of H-pyrrole nitrogens is 1. The lowest BCUT2D eigenvalue weighted by Gasteiger charge is -2.39. The van der Waals surface area contributed by atoms with Crippen molar-refractivity contribution < 1.29 is 18.1 Å². The molecule has 3 heterocycles. The highest BCUT2D eigenvalue weighted by Crippen LogP contribution is 2.46. The van der Waals surface area contributed by atoms with Gasteiger partial charge < -0.3 is 14.7 Å². The molecule has 2 saturated carbocycles. The van der Waals surface area contributed by atoms with Crippen LogP contribution in [0.4, 0.5) is 0 Å². The van der Waals surface area contributed by atoms with E-state index in [2.05, 4.69) is 14.7 Å². The van der Waals surface area contributed by atoms with Gasteiger partial charge in [0.2, 0.25) is 10.0 Å². The number of nitrogens with one attached hydrogen (secondary N) is 2. The molecule has 0 atom stereocenters. The number of hydrogen-bond donors (Lipinski definition) is 3. The van der Waals surface area contributed by atoms with Crippen LogP contribution in [0.1, 0.15) is 37.7 Å². The number of rotatable bonds is 5. The van der Waals surface area contributed by atoms with E-state index in [-0.39, 0.29) is 17.7 Å². The van der Waals surface area contributed by atoms with Crippen molar-refractivity contribution in [2.75, 3.05) is 5.75 Å². The first-order chi connectivity index (χ1) is 13.0. The zero-order valence-electron chi connectivity index (χ0n) is 14.9. The van der Waals surface area contributed by atoms with Crippen LogP contribution in [-0.4, -0.2) is 42.3 Å². The number of allylic oxidation sites excluding steroid dienone is 1. The highest BCUT2D eigenvalue weighted by molar-refractivity contribution is 7.89. The average Bonchev–Trinajstić information content (AvgIpc) is 3.02. The molecule has 3 N–H and O–H groups in total. The van der Waals surface area contributed by atoms with Gasteiger partial charge in [0.1, 0.15) is 11.4 Å². The largest absolute Gasteiger partial charge is 0.552 e. The van der Waals surface area contributed by atoms with E-state index >= 15 is 0 Å². The molecule has 0 spiro atoms. The highest BCUT2D eigenvalue weighted by Gasteiger charge is 2.39. The molecule has 142 valence electrons. The molecule has 1 aliphatic heterocycles. The maximum absolute atomic E-state index is 12.3. The van der Waals surface area contributed by atoms with Crippen LogP contribution in [0.2, 0.25) is 0 Å². The van der Waals surface area contributed by atoms with Gasteiger partial charge in [0.05, 0.1) is 11.9 Å². The van der Waals surface area contributed by atoms with Crippen molar-refractivity contribution in [3.63, 3.8) is 0 Å². The van der Waals surface area contributed by atoms with Crippen LogP contribution in [0.5, 0.6) is 5.75 Å². The molecule has 2 aromatic rings. The minimum atomic E-state index is -3.21. The van der Waals surface area contributed by atoms with E-state index < -0.39 is 17.1 Å². The van der Waals surface area contributed by atoms with E-state index in [9.17, 15) is 13.4 Å². The van der Waals surface area contributed by atoms with Crippen molar-refractivity contribution in [1.82, 2.24) is 14.7 Å². The summed E-state index contributed by atoms with van der Waals surface area (Å²) < 4.78 is 33.0. The smallest absolute Gasteiger partial charge is 0.531 e. The molecular formula is C18H22BN3O4S. The number of hydrogen-bond acceptors (Lipinski definition) is 5. The van der Waals surface area contributed by atoms with Crippen LogP contribution in [0, 0.1) is 11.8 Å². The van der Waals surface area contributed by atoms with Crippen LogP contribution in [-0.2, 0) is 10.0 Å². The van der Waals surface area contributed by atoms with E-state index in [1.54, 1.807) is 12.2 Å². The van der Waals surface area contributed by atoms with Gasteiger partial charge in [0, 0.05) is 23.2 Å². The predicted octanol–water partition coefficient (Wildman–Crippen LogP) is 1.86. The molecule has 2 fully saturated rings. The Labute approximate surface area is 158 Å². The molecule has 2 aliphatic carbocycles. The van der Waals surface area contributed by atoms with Gasteiger partial charge >= 0.3 is 7.12 Å². The molecule has 0 unspecified atom stereocenters. The van der Waals surface area contributed by atoms with Gasteiger partial charge in [-0.2, -0.15) is 0 Å². The summed E-state index contributed by atoms with van der Waals surface area (Å²) in [5.74, 6) is 3.08. The summed E-state index contributed by atoms with van der Waals surface area (Å²) in [6.45, 7) is 0. The monoisotopic (exact) mass is 387 g/mol. The SMILES string of the molecule is O=S(=O)(CC1CCC1)N[C@H]1C[C@@H](C2=CB(O)Oc3cnc4[nH]ccc4c32)C1. The van der Waals surface area contributed by atoms with Gasteiger partial charge in [0.25, 0.3) is 0 Å². The van der Waals surface area contributed by atoms with E-state index in [4.69, 9.17) is 4.65 Å². The van der Waals surface area contributed by atoms with Crippen molar-refractivity contribution in [1.29, 1.82) is 0 Å². The normalized spacial score (nSPS) is 25.4. The van der Waals surface area contributed by atoms with Gasteiger partial charge in [-0.05, 0) is 55.1 Å². The van der Waals surface area contributed by atoms with E-state index in [0.717, 1.165) is 54.3 Å². The first-order valence-electron chi connectivity index (χ1n) is 9.51. The molecule has 5 rings (SSSR count). The molecule has 0 saturated heterocycles. The van der Waals surface area contributed by atoms with E-state index in [0.29, 0.717) is 11.7 Å². The first-order valence-corrected chi connectivity index (χ1v) is 11.2. The molecule has 9 heteroatoms. The third-order valence-corrected chi connectivity index (χ3v) is 7.62. The topological polar surface area (TPSA) is 104 Å². The summed E-state index contributed by atoms with van der Waals surface area (Å²) in [5, 5.41) is 11.0. The maximum Gasteiger partial charge on any atom is 0.552 e. The summed E-state index contributed by atoms with van der Waals surface area (Å²) in [6.07, 6.45) is 8.12. The highest BCUT2D eigenvalue weighted by atomic mass is 32.2. The summed E-state index contributed by atoms with van der Waals surface area (Å²) in [7, 11) is -4.21. The van der Waals surface area contributed by atoms with Gasteiger partial charge in [-0.3, -0.25) is 0 Å². The fraction of sp³-hybridized carbons (Fsp3) is 0.500. The Kier molecular flexibility index (Phi) is 4.07. The van der Waals surface area contributed by atoms with Crippen molar-refractivity contribution in [2.24, 2.45) is 11.8 Å². The Bertz CT molecular complexity index is 1010. The predicted molar refractivity (Wildman–Crippen MR) is 103 cm³/mol. The Morgan fingerprint density at radius 2 is 2.19 bits per heavy atom. The Hall–Kier alpha value is -1.84. The number of fused-ring (bicyclic) bond motifs is 3. The second kappa shape index (κ2) is 6.36. The van der Waals surface area contributed by atoms with Gasteiger partial charge in [-0.1, -0.05) is 6.42 Å². The number of aromatic nitrogens is 2. The second-order valence-corrected chi connectivity index (χ2v) is 9.73. The minimum absolute atomic E-state index is 0.0343. The van der Waals surface area contributed by atoms with Crippen molar-refractivity contribution >= 4 is 33.7 Å². The molecule has 0 amide bonds. The summed E-state index contributed by atoms with van der Waals surface area (Å²) in [4.78, 5) is 7.42. The standard InChI is InChI=1S/C18H22BN3O4S/c23-19-8-15(17-14-4-5-20-18(14)21-9-16(17)26-19)12-6-13(7-12)22-27(24,25)10-11-2-1-3-11/h4-5,8-9,11-13,22-23H,1-3,6-7,10H2,(H,20,21)/t12-,13+. The summed E-state index contributed by atoms with van der Waals surface area (Å²) in [6, 6.07) is 1.92. The quantitative estimate of drug-likeness (QED) is 0.680. The zero-order valence-corrected chi connectivity index (χ0v) is 15.7. The second-order valence-electron chi connectivity index (χ2n) is 7.93. The van der Waals surface area contributed by atoms with Crippen LogP contribution < -0.4 is 9.38 Å². The summed E-state index contributed by atoms with van der Waals surface area (Å²) in [5.41, 5.74) is 2.74. The number of nitrogens with zero attached hydrogens (tertiary/aromatic N) is 1. The molecule has 3 aliphatic rings. The van der Waals surface area contributed by atoms with Gasteiger partial charge in [-0.15, -0.1) is 0 Å². The van der Waals surface area contributed by atoms with E-state index in [1.807, 2.05) is 12.3 Å². The fourth-order valence-electron chi connectivity index (χ4n) is 4.36. The number of pyridine rings is 1. The lowest BCUT2D eigenvalue weighted by molar-refractivity contribution is 0.304. The van der Waals surface area contributed by atoms with Crippen LogP contribution >= 0.6 is 0 Å². The Morgan fingerprint density at radius 3 is 2.93 bits per heavy atom. The van der Waals surface area contributed by atoms with E-state index in [1.165, 1.54) is 0 Å². The lowest BCUT2D eigenvalue weighted by atomic mass is 9.68. The first kappa shape index (κ1) is 17.3. The average molecular weight is 387 g/mol. The molecule has 0 bridgehead atoms. The molecular weight excluding hydrogens is 365 g/mol. The van der Waals surface area contributed by atoms with Crippen LogP contribution in [0.25, 0.3) is 16.6 Å². The Balaban J connectivity index is 1.32. The Morgan fingerprint density at radius 1 is 1.37 bits per heavy atom. The van der Waals surface area contributed by atoms with Crippen LogP contribution in [0.15, 0.2) is 24.4 Å². The van der Waals surface area contributed by atoms with Gasteiger partial charge in [0.15, 0.2) is 0 Å².